The van der Waals surface area contributed by atoms with Gasteiger partial charge in [-0.2, -0.15) is 0 Å². The predicted octanol–water partition coefficient (Wildman–Crippen LogP) is 7.23. The van der Waals surface area contributed by atoms with Crippen molar-refractivity contribution < 1.29 is 0 Å². The lowest BCUT2D eigenvalue weighted by molar-refractivity contribution is -0.132. The summed E-state index contributed by atoms with van der Waals surface area (Å²) in [5.74, 6) is 9.21. The van der Waals surface area contributed by atoms with E-state index in [4.69, 9.17) is 0 Å². The van der Waals surface area contributed by atoms with Crippen molar-refractivity contribution in [3.05, 3.63) is 0 Å². The molecule has 0 heterocycles. The molecular weight excluding hydrogens is 312 g/mol. The van der Waals surface area contributed by atoms with Gasteiger partial charge in [0.1, 0.15) is 0 Å². The quantitative estimate of drug-likeness (QED) is 0.492. The van der Waals surface area contributed by atoms with Gasteiger partial charge in [-0.1, -0.05) is 6.42 Å². The molecule has 9 aliphatic carbocycles. The fourth-order valence-corrected chi connectivity index (χ4v) is 11.7. The Bertz CT molecular complexity index is 464. The molecule has 26 heavy (non-hydrogen) atoms. The first-order chi connectivity index (χ1) is 12.7. The number of hydrogen-bond donors (Lipinski definition) is 0. The van der Waals surface area contributed by atoms with Crippen LogP contribution in [-0.4, -0.2) is 0 Å². The van der Waals surface area contributed by atoms with E-state index in [1.54, 1.807) is 103 Å². The average Bonchev–Trinajstić information content (AvgIpc) is 2.60. The van der Waals surface area contributed by atoms with Gasteiger partial charge < -0.3 is 0 Å². The van der Waals surface area contributed by atoms with Crippen molar-refractivity contribution >= 4 is 0 Å². The maximum Gasteiger partial charge on any atom is -0.0261 e. The Hall–Kier alpha value is 0. The van der Waals surface area contributed by atoms with E-state index in [0.29, 0.717) is 0 Å². The Morgan fingerprint density at radius 3 is 1.00 bits per heavy atom. The molecule has 0 nitrogen and oxygen atoms in total. The lowest BCUT2D eigenvalue weighted by Gasteiger charge is -2.63. The third kappa shape index (κ3) is 2.20. The first kappa shape index (κ1) is 15.9. The predicted molar refractivity (Wildman–Crippen MR) is 107 cm³/mol. The van der Waals surface area contributed by atoms with Crippen LogP contribution in [0.15, 0.2) is 0 Å². The summed E-state index contributed by atoms with van der Waals surface area (Å²) < 4.78 is 0. The molecule has 9 aliphatic rings. The maximum atomic E-state index is 1.68. The summed E-state index contributed by atoms with van der Waals surface area (Å²) >= 11 is 0. The summed E-state index contributed by atoms with van der Waals surface area (Å²) in [6.45, 7) is 0. The van der Waals surface area contributed by atoms with Crippen LogP contribution in [0.3, 0.4) is 0 Å². The zero-order valence-electron chi connectivity index (χ0n) is 16.9. The van der Waals surface area contributed by atoms with Crippen LogP contribution in [0.2, 0.25) is 0 Å². The van der Waals surface area contributed by atoms with Crippen LogP contribution < -0.4 is 0 Å². The van der Waals surface area contributed by atoms with Crippen LogP contribution in [-0.2, 0) is 0 Å². The van der Waals surface area contributed by atoms with Gasteiger partial charge in [0, 0.05) is 0 Å². The van der Waals surface area contributed by atoms with Crippen molar-refractivity contribution in [2.75, 3.05) is 0 Å². The van der Waals surface area contributed by atoms with Crippen molar-refractivity contribution in [3.8, 4) is 0 Å². The van der Waals surface area contributed by atoms with E-state index in [9.17, 15) is 0 Å². The molecule has 0 aromatic carbocycles. The van der Waals surface area contributed by atoms with E-state index in [-0.39, 0.29) is 0 Å². The van der Waals surface area contributed by atoms with Crippen molar-refractivity contribution in [3.63, 3.8) is 0 Å². The first-order valence-electron chi connectivity index (χ1n) is 12.7. The zero-order valence-corrected chi connectivity index (χ0v) is 16.9. The minimum atomic E-state index is 0.843. The molecule has 0 aromatic rings. The molecule has 9 rings (SSSR count). The van der Waals surface area contributed by atoms with Gasteiger partial charge in [0.2, 0.25) is 0 Å². The van der Waals surface area contributed by atoms with Gasteiger partial charge in [-0.3, -0.25) is 0 Å². The van der Waals surface area contributed by atoms with Gasteiger partial charge in [0.15, 0.2) is 0 Å². The van der Waals surface area contributed by atoms with E-state index in [1.165, 1.54) is 0 Å². The smallest absolute Gasteiger partial charge is 0.0261 e. The molecule has 0 aliphatic heterocycles. The van der Waals surface area contributed by atoms with E-state index >= 15 is 0 Å². The molecule has 0 spiro atoms. The second-order valence-corrected chi connectivity index (χ2v) is 13.1. The second kappa shape index (κ2) is 5.33. The largest absolute Gasteiger partial charge is 0.0527 e. The topological polar surface area (TPSA) is 0 Å². The Kier molecular flexibility index (Phi) is 3.25. The zero-order chi connectivity index (χ0) is 16.9. The molecule has 0 aromatic heterocycles. The van der Waals surface area contributed by atoms with Crippen molar-refractivity contribution in [1.29, 1.82) is 0 Å². The third-order valence-electron chi connectivity index (χ3n) is 11.6. The Labute approximate surface area is 161 Å². The highest BCUT2D eigenvalue weighted by Gasteiger charge is 2.58. The minimum Gasteiger partial charge on any atom is -0.0527 e. The van der Waals surface area contributed by atoms with E-state index in [0.717, 1.165) is 58.2 Å². The average molecular weight is 353 g/mol. The van der Waals surface area contributed by atoms with E-state index in [2.05, 4.69) is 0 Å². The molecule has 8 bridgehead atoms. The molecule has 0 amide bonds. The molecule has 0 heteroatoms. The monoisotopic (exact) mass is 352 g/mol. The molecule has 0 N–H and O–H groups in total. The summed E-state index contributed by atoms with van der Waals surface area (Å²) in [5.41, 5.74) is 1.69. The summed E-state index contributed by atoms with van der Waals surface area (Å²) in [6, 6.07) is 0. The lowest BCUT2D eigenvalue weighted by atomic mass is 9.42. The highest BCUT2D eigenvalue weighted by atomic mass is 14.6. The molecule has 0 saturated heterocycles. The normalized spacial score (nSPS) is 62.8. The summed E-state index contributed by atoms with van der Waals surface area (Å²) in [5, 5.41) is 0. The molecule has 9 fully saturated rings. The van der Waals surface area contributed by atoms with E-state index < -0.39 is 0 Å². The minimum absolute atomic E-state index is 0.843. The van der Waals surface area contributed by atoms with E-state index in [1.807, 2.05) is 0 Å². The fraction of sp³-hybridized carbons (Fsp3) is 1.00. The van der Waals surface area contributed by atoms with Gasteiger partial charge in [0.25, 0.3) is 0 Å². The van der Waals surface area contributed by atoms with Crippen molar-refractivity contribution in [1.82, 2.24) is 0 Å². The van der Waals surface area contributed by atoms with Crippen LogP contribution >= 0.6 is 0 Å². The maximum absolute atomic E-state index is 1.68. The number of hydrogen-bond acceptors (Lipinski definition) is 0. The van der Waals surface area contributed by atoms with Crippen molar-refractivity contribution in [2.24, 2.45) is 58.2 Å². The van der Waals surface area contributed by atoms with Gasteiger partial charge >= 0.3 is 0 Å². The number of rotatable bonds is 2. The SMILES string of the molecule is C1CC(C23CC4CC(CC(C4)C2)C3)CC(C23CC4CC(CC(C4)C2)C3)C1. The van der Waals surface area contributed by atoms with Crippen LogP contribution in [0.1, 0.15) is 103 Å². The van der Waals surface area contributed by atoms with Crippen LogP contribution in [0.4, 0.5) is 0 Å². The summed E-state index contributed by atoms with van der Waals surface area (Å²) in [6.07, 6.45) is 26.3. The highest BCUT2D eigenvalue weighted by molar-refractivity contribution is 5.08. The molecule has 144 valence electrons. The second-order valence-electron chi connectivity index (χ2n) is 13.1. The molecule has 9 saturated carbocycles. The standard InChI is InChI=1S/C26H40/c1-2-23(25-11-17-4-18(12-25)6-19(5-17)13-25)10-24(3-1)26-14-20-7-21(15-26)9-22(8-20)16-26/h17-24H,1-16H2. The van der Waals surface area contributed by atoms with Gasteiger partial charge in [0.05, 0.1) is 0 Å². The van der Waals surface area contributed by atoms with Crippen LogP contribution in [0.5, 0.6) is 0 Å². The Morgan fingerprint density at radius 2 is 0.692 bits per heavy atom. The summed E-state index contributed by atoms with van der Waals surface area (Å²) in [4.78, 5) is 0. The van der Waals surface area contributed by atoms with Gasteiger partial charge in [-0.05, 0) is 154 Å². The molecule has 0 radical (unpaired) electrons. The van der Waals surface area contributed by atoms with Crippen LogP contribution in [0.25, 0.3) is 0 Å². The summed E-state index contributed by atoms with van der Waals surface area (Å²) in [7, 11) is 0. The Morgan fingerprint density at radius 1 is 0.385 bits per heavy atom. The Balaban J connectivity index is 1.16. The lowest BCUT2D eigenvalue weighted by Crippen LogP contribution is -2.53. The van der Waals surface area contributed by atoms with Gasteiger partial charge in [-0.25, -0.2) is 0 Å². The van der Waals surface area contributed by atoms with Crippen molar-refractivity contribution in [2.45, 2.75) is 103 Å². The van der Waals surface area contributed by atoms with Gasteiger partial charge in [-0.15, -0.1) is 0 Å². The first-order valence-corrected chi connectivity index (χ1v) is 12.7. The highest BCUT2D eigenvalue weighted by Crippen LogP contribution is 2.68. The van der Waals surface area contributed by atoms with Crippen LogP contribution in [0, 0.1) is 58.2 Å². The molecule has 2 atom stereocenters. The molecular formula is C26H40. The fourth-order valence-electron chi connectivity index (χ4n) is 11.7. The third-order valence-corrected chi connectivity index (χ3v) is 11.6. The molecule has 2 unspecified atom stereocenters.